The van der Waals surface area contributed by atoms with E-state index in [1.165, 1.54) is 30.3 Å². The van der Waals surface area contributed by atoms with Crippen LogP contribution in [0.5, 0.6) is 5.75 Å². The van der Waals surface area contributed by atoms with Crippen molar-refractivity contribution in [1.29, 1.82) is 0 Å². The topological polar surface area (TPSA) is 75.7 Å². The lowest BCUT2D eigenvalue weighted by Gasteiger charge is -2.25. The minimum atomic E-state index is -4.67. The molecule has 0 atom stereocenters. The molecule has 3 rings (SSSR count). The van der Waals surface area contributed by atoms with Crippen molar-refractivity contribution in [1.82, 2.24) is 5.32 Å². The molecule has 198 valence electrons. The van der Waals surface area contributed by atoms with Gasteiger partial charge in [0.05, 0.1) is 22.8 Å². The molecule has 0 fully saturated rings. The highest BCUT2D eigenvalue weighted by Crippen LogP contribution is 2.33. The molecule has 0 aromatic heterocycles. The number of alkyl halides is 3. The third kappa shape index (κ3) is 7.72. The van der Waals surface area contributed by atoms with Crippen molar-refractivity contribution in [3.8, 4) is 5.75 Å². The van der Waals surface area contributed by atoms with Crippen LogP contribution in [0.4, 0.5) is 18.9 Å². The highest BCUT2D eigenvalue weighted by Gasteiger charge is 2.33. The number of anilines is 1. The van der Waals surface area contributed by atoms with Gasteiger partial charge in [-0.1, -0.05) is 49.4 Å². The van der Waals surface area contributed by atoms with E-state index in [1.807, 2.05) is 31.2 Å². The van der Waals surface area contributed by atoms with Crippen LogP contribution in [0.15, 0.2) is 83.8 Å². The van der Waals surface area contributed by atoms with E-state index in [0.717, 1.165) is 35.9 Å². The molecule has 1 amide bonds. The van der Waals surface area contributed by atoms with Crippen molar-refractivity contribution in [2.75, 3.05) is 24.0 Å². The average molecular weight is 535 g/mol. The van der Waals surface area contributed by atoms with Crippen LogP contribution < -0.4 is 14.4 Å². The molecule has 3 aromatic rings. The summed E-state index contributed by atoms with van der Waals surface area (Å²) in [4.78, 5) is 12.6. The Bertz CT molecular complexity index is 1280. The summed E-state index contributed by atoms with van der Waals surface area (Å²) in [6.07, 6.45) is -2.61. The molecule has 10 heteroatoms. The van der Waals surface area contributed by atoms with Crippen LogP contribution >= 0.6 is 0 Å². The predicted molar refractivity (Wildman–Crippen MR) is 136 cm³/mol. The van der Waals surface area contributed by atoms with Crippen molar-refractivity contribution < 1.29 is 31.1 Å². The Hall–Kier alpha value is -3.53. The van der Waals surface area contributed by atoms with Crippen LogP contribution in [0.25, 0.3) is 0 Å². The number of sulfonamides is 1. The Morgan fingerprint density at radius 2 is 1.68 bits per heavy atom. The third-order valence-electron chi connectivity index (χ3n) is 5.46. The van der Waals surface area contributed by atoms with Gasteiger partial charge in [0.1, 0.15) is 12.3 Å². The van der Waals surface area contributed by atoms with Crippen LogP contribution in [0.2, 0.25) is 0 Å². The summed E-state index contributed by atoms with van der Waals surface area (Å²) >= 11 is 0. The standard InChI is InChI=1S/C27H29F3N2O4S/c1-2-18-36-25-16-7-6-10-21(25)11-9-17-31-26(33)20-32(37(34,35)24-14-4-3-5-15-24)23-13-8-12-22(19-23)27(28,29)30/h3-8,10,12-16,19H,2,9,11,17-18,20H2,1H3,(H,31,33). The Morgan fingerprint density at radius 3 is 2.38 bits per heavy atom. The van der Waals surface area contributed by atoms with Crippen molar-refractivity contribution in [3.63, 3.8) is 0 Å². The number of rotatable bonds is 12. The zero-order valence-electron chi connectivity index (χ0n) is 20.4. The Kier molecular flexibility index (Phi) is 9.57. The number of nitrogens with zero attached hydrogens (tertiary/aromatic N) is 1. The molecule has 37 heavy (non-hydrogen) atoms. The summed E-state index contributed by atoms with van der Waals surface area (Å²) in [6.45, 7) is 2.19. The molecule has 0 aliphatic heterocycles. The Morgan fingerprint density at radius 1 is 0.973 bits per heavy atom. The summed E-state index contributed by atoms with van der Waals surface area (Å²) < 4.78 is 73.0. The number of benzene rings is 3. The smallest absolute Gasteiger partial charge is 0.416 e. The van der Waals surface area contributed by atoms with Gasteiger partial charge in [-0.2, -0.15) is 13.2 Å². The Balaban J connectivity index is 1.73. The van der Waals surface area contributed by atoms with E-state index in [-0.39, 0.29) is 17.1 Å². The molecule has 3 aromatic carbocycles. The molecule has 0 heterocycles. The molecule has 0 aliphatic carbocycles. The predicted octanol–water partition coefficient (Wildman–Crippen LogP) is 5.44. The van der Waals surface area contributed by atoms with Crippen molar-refractivity contribution >= 4 is 21.6 Å². The SMILES string of the molecule is CCCOc1ccccc1CCCNC(=O)CN(c1cccc(C(F)(F)F)c1)S(=O)(=O)c1ccccc1. The largest absolute Gasteiger partial charge is 0.493 e. The van der Waals surface area contributed by atoms with E-state index in [1.54, 1.807) is 6.07 Å². The number of hydrogen-bond acceptors (Lipinski definition) is 4. The van der Waals surface area contributed by atoms with Gasteiger partial charge in [0.15, 0.2) is 0 Å². The van der Waals surface area contributed by atoms with E-state index < -0.39 is 34.2 Å². The number of para-hydroxylation sites is 1. The number of amides is 1. The number of aryl methyl sites for hydroxylation is 1. The molecular weight excluding hydrogens is 505 g/mol. The van der Waals surface area contributed by atoms with Crippen LogP contribution in [-0.4, -0.2) is 34.0 Å². The van der Waals surface area contributed by atoms with E-state index in [9.17, 15) is 26.4 Å². The fourth-order valence-corrected chi connectivity index (χ4v) is 5.06. The van der Waals surface area contributed by atoms with Crippen LogP contribution in [-0.2, 0) is 27.4 Å². The van der Waals surface area contributed by atoms with Crippen molar-refractivity contribution in [2.24, 2.45) is 0 Å². The normalized spacial score (nSPS) is 11.7. The van der Waals surface area contributed by atoms with E-state index in [4.69, 9.17) is 4.74 Å². The maximum atomic E-state index is 13.3. The molecule has 0 spiro atoms. The number of nitrogens with one attached hydrogen (secondary N) is 1. The first-order valence-corrected chi connectivity index (χ1v) is 13.3. The third-order valence-corrected chi connectivity index (χ3v) is 7.25. The molecule has 0 bridgehead atoms. The molecule has 0 saturated carbocycles. The molecule has 0 unspecified atom stereocenters. The molecular formula is C27H29F3N2O4S. The molecule has 6 nitrogen and oxygen atoms in total. The second-order valence-corrected chi connectivity index (χ2v) is 10.1. The molecule has 1 N–H and O–H groups in total. The number of carbonyl (C=O) groups is 1. The lowest BCUT2D eigenvalue weighted by atomic mass is 10.1. The lowest BCUT2D eigenvalue weighted by molar-refractivity contribution is -0.137. The average Bonchev–Trinajstić information content (AvgIpc) is 2.89. The fourth-order valence-electron chi connectivity index (χ4n) is 3.63. The summed E-state index contributed by atoms with van der Waals surface area (Å²) in [5, 5.41) is 2.68. The second kappa shape index (κ2) is 12.6. The summed E-state index contributed by atoms with van der Waals surface area (Å²) in [7, 11) is -4.31. The van der Waals surface area contributed by atoms with Crippen LogP contribution in [0, 0.1) is 0 Å². The van der Waals surface area contributed by atoms with E-state index in [0.29, 0.717) is 23.8 Å². The first-order valence-electron chi connectivity index (χ1n) is 11.9. The van der Waals surface area contributed by atoms with E-state index in [2.05, 4.69) is 5.32 Å². The Labute approximate surface area is 215 Å². The van der Waals surface area contributed by atoms with Gasteiger partial charge in [-0.05, 0) is 61.2 Å². The minimum absolute atomic E-state index is 0.135. The summed E-state index contributed by atoms with van der Waals surface area (Å²) in [6, 6.07) is 18.8. The van der Waals surface area contributed by atoms with Crippen molar-refractivity contribution in [2.45, 2.75) is 37.3 Å². The zero-order chi connectivity index (χ0) is 26.9. The second-order valence-electron chi connectivity index (χ2n) is 8.28. The molecule has 0 saturated heterocycles. The minimum Gasteiger partial charge on any atom is -0.493 e. The van der Waals surface area contributed by atoms with Gasteiger partial charge >= 0.3 is 6.18 Å². The fraction of sp³-hybridized carbons (Fsp3) is 0.296. The van der Waals surface area contributed by atoms with Gasteiger partial charge < -0.3 is 10.1 Å². The van der Waals surface area contributed by atoms with Gasteiger partial charge in [0.25, 0.3) is 10.0 Å². The zero-order valence-corrected chi connectivity index (χ0v) is 21.2. The van der Waals surface area contributed by atoms with Gasteiger partial charge in [-0.3, -0.25) is 9.10 Å². The maximum Gasteiger partial charge on any atom is 0.416 e. The highest BCUT2D eigenvalue weighted by atomic mass is 32.2. The lowest BCUT2D eigenvalue weighted by Crippen LogP contribution is -2.41. The number of hydrogen-bond donors (Lipinski definition) is 1. The van der Waals surface area contributed by atoms with E-state index >= 15 is 0 Å². The quantitative estimate of drug-likeness (QED) is 0.314. The molecule has 0 aliphatic rings. The number of ether oxygens (including phenoxy) is 1. The first-order chi connectivity index (χ1) is 17.6. The maximum absolute atomic E-state index is 13.3. The monoisotopic (exact) mass is 534 g/mol. The van der Waals surface area contributed by atoms with Gasteiger partial charge in [-0.15, -0.1) is 0 Å². The van der Waals surface area contributed by atoms with Gasteiger partial charge in [0.2, 0.25) is 5.91 Å². The highest BCUT2D eigenvalue weighted by molar-refractivity contribution is 7.92. The van der Waals surface area contributed by atoms with Gasteiger partial charge in [0, 0.05) is 6.54 Å². The number of carbonyl (C=O) groups excluding carboxylic acids is 1. The number of halogens is 3. The summed E-state index contributed by atoms with van der Waals surface area (Å²) in [5.41, 5.74) is -0.277. The van der Waals surface area contributed by atoms with Crippen LogP contribution in [0.3, 0.4) is 0 Å². The molecule has 0 radical (unpaired) electrons. The summed E-state index contributed by atoms with van der Waals surface area (Å²) in [5.74, 6) is 0.146. The van der Waals surface area contributed by atoms with Crippen molar-refractivity contribution in [3.05, 3.63) is 90.0 Å². The first kappa shape index (κ1) is 28.0. The van der Waals surface area contributed by atoms with Gasteiger partial charge in [-0.25, -0.2) is 8.42 Å². The van der Waals surface area contributed by atoms with Crippen LogP contribution in [0.1, 0.15) is 30.9 Å².